The zero-order valence-electron chi connectivity index (χ0n) is 19.2. The SMILES string of the molecule is C[C@H](C(=O)NC1CCCC1)N(Cc1ccc(Cl)cc1)C(=O)CN(c1ccccc1Cl)S(C)(=O)=O. The number of nitrogens with one attached hydrogen (secondary N) is 1. The molecule has 2 amide bonds. The third-order valence-electron chi connectivity index (χ3n) is 5.94. The van der Waals surface area contributed by atoms with Crippen LogP contribution in [0.25, 0.3) is 0 Å². The average Bonchev–Trinajstić information content (AvgIpc) is 3.29. The highest BCUT2D eigenvalue weighted by atomic mass is 35.5. The van der Waals surface area contributed by atoms with Crippen molar-refractivity contribution in [3.05, 3.63) is 64.1 Å². The summed E-state index contributed by atoms with van der Waals surface area (Å²) in [5, 5.41) is 3.78. The number of halogens is 2. The van der Waals surface area contributed by atoms with E-state index in [1.807, 2.05) is 0 Å². The van der Waals surface area contributed by atoms with E-state index in [2.05, 4.69) is 5.32 Å². The first-order valence-electron chi connectivity index (χ1n) is 11.1. The lowest BCUT2D eigenvalue weighted by Crippen LogP contribution is -2.52. The molecule has 0 radical (unpaired) electrons. The van der Waals surface area contributed by atoms with Crippen LogP contribution in [-0.4, -0.2) is 50.0 Å². The van der Waals surface area contributed by atoms with E-state index in [0.29, 0.717) is 5.02 Å². The molecular formula is C24H29Cl2N3O4S. The second-order valence-electron chi connectivity index (χ2n) is 8.54. The summed E-state index contributed by atoms with van der Waals surface area (Å²) in [6, 6.07) is 12.7. The largest absolute Gasteiger partial charge is 0.352 e. The normalized spacial score (nSPS) is 15.1. The minimum absolute atomic E-state index is 0.0954. The second kappa shape index (κ2) is 11.4. The molecule has 0 heterocycles. The first kappa shape index (κ1) is 26.3. The van der Waals surface area contributed by atoms with Crippen LogP contribution in [0.3, 0.4) is 0 Å². The summed E-state index contributed by atoms with van der Waals surface area (Å²) in [6.07, 6.45) is 4.97. The Morgan fingerprint density at radius 1 is 1.06 bits per heavy atom. The summed E-state index contributed by atoms with van der Waals surface area (Å²) in [4.78, 5) is 27.9. The molecule has 0 spiro atoms. The molecule has 2 aromatic carbocycles. The predicted molar refractivity (Wildman–Crippen MR) is 136 cm³/mol. The van der Waals surface area contributed by atoms with Gasteiger partial charge in [0.15, 0.2) is 0 Å². The lowest BCUT2D eigenvalue weighted by Gasteiger charge is -2.32. The highest BCUT2D eigenvalue weighted by Gasteiger charge is 2.31. The van der Waals surface area contributed by atoms with Crippen LogP contribution >= 0.6 is 23.2 Å². The van der Waals surface area contributed by atoms with Crippen molar-refractivity contribution in [1.82, 2.24) is 10.2 Å². The van der Waals surface area contributed by atoms with E-state index < -0.39 is 28.5 Å². The molecule has 1 atom stereocenters. The number of anilines is 1. The third kappa shape index (κ3) is 6.87. The van der Waals surface area contributed by atoms with Crippen molar-refractivity contribution in [3.8, 4) is 0 Å². The Balaban J connectivity index is 1.88. The van der Waals surface area contributed by atoms with Gasteiger partial charge in [0.05, 0.1) is 17.0 Å². The molecular weight excluding hydrogens is 497 g/mol. The molecule has 0 bridgehead atoms. The monoisotopic (exact) mass is 525 g/mol. The molecule has 1 N–H and O–H groups in total. The van der Waals surface area contributed by atoms with Gasteiger partial charge in [0.25, 0.3) is 0 Å². The number of para-hydroxylation sites is 1. The Hall–Kier alpha value is -2.29. The van der Waals surface area contributed by atoms with Crippen LogP contribution in [0.1, 0.15) is 38.2 Å². The zero-order valence-corrected chi connectivity index (χ0v) is 21.5. The molecule has 0 unspecified atom stereocenters. The van der Waals surface area contributed by atoms with Crippen molar-refractivity contribution < 1.29 is 18.0 Å². The van der Waals surface area contributed by atoms with Crippen LogP contribution in [-0.2, 0) is 26.2 Å². The van der Waals surface area contributed by atoms with Crippen molar-refractivity contribution in [3.63, 3.8) is 0 Å². The Bertz CT molecular complexity index is 1120. The average molecular weight is 526 g/mol. The van der Waals surface area contributed by atoms with Gasteiger partial charge in [-0.3, -0.25) is 13.9 Å². The third-order valence-corrected chi connectivity index (χ3v) is 7.63. The molecule has 1 aliphatic rings. The fourth-order valence-corrected chi connectivity index (χ4v) is 5.29. The summed E-state index contributed by atoms with van der Waals surface area (Å²) >= 11 is 12.2. The predicted octanol–water partition coefficient (Wildman–Crippen LogP) is 4.24. The Kier molecular flexibility index (Phi) is 8.84. The molecule has 1 fully saturated rings. The summed E-state index contributed by atoms with van der Waals surface area (Å²) in [5.74, 6) is -0.785. The van der Waals surface area contributed by atoms with Crippen molar-refractivity contribution >= 4 is 50.7 Å². The topological polar surface area (TPSA) is 86.8 Å². The van der Waals surface area contributed by atoms with Gasteiger partial charge >= 0.3 is 0 Å². The van der Waals surface area contributed by atoms with Gasteiger partial charge in [-0.2, -0.15) is 0 Å². The molecule has 1 aliphatic carbocycles. The molecule has 0 saturated heterocycles. The Morgan fingerprint density at radius 2 is 1.68 bits per heavy atom. The maximum absolute atomic E-state index is 13.5. The minimum Gasteiger partial charge on any atom is -0.352 e. The minimum atomic E-state index is -3.83. The smallest absolute Gasteiger partial charge is 0.244 e. The van der Waals surface area contributed by atoms with E-state index in [9.17, 15) is 18.0 Å². The number of carbonyl (C=O) groups is 2. The fraction of sp³-hybridized carbons (Fsp3) is 0.417. The summed E-state index contributed by atoms with van der Waals surface area (Å²) in [7, 11) is -3.83. The van der Waals surface area contributed by atoms with Gasteiger partial charge in [-0.1, -0.05) is 60.3 Å². The molecule has 34 heavy (non-hydrogen) atoms. The molecule has 3 rings (SSSR count). The highest BCUT2D eigenvalue weighted by molar-refractivity contribution is 7.92. The zero-order chi connectivity index (χ0) is 24.9. The van der Waals surface area contributed by atoms with Gasteiger partial charge in [0.1, 0.15) is 12.6 Å². The molecule has 1 saturated carbocycles. The van der Waals surface area contributed by atoms with E-state index >= 15 is 0 Å². The van der Waals surface area contributed by atoms with Crippen LogP contribution in [0.2, 0.25) is 10.0 Å². The lowest BCUT2D eigenvalue weighted by molar-refractivity contribution is -0.139. The first-order valence-corrected chi connectivity index (χ1v) is 13.7. The van der Waals surface area contributed by atoms with E-state index in [4.69, 9.17) is 23.2 Å². The van der Waals surface area contributed by atoms with Crippen molar-refractivity contribution in [2.75, 3.05) is 17.1 Å². The van der Waals surface area contributed by atoms with Gasteiger partial charge < -0.3 is 10.2 Å². The van der Waals surface area contributed by atoms with Crippen LogP contribution < -0.4 is 9.62 Å². The first-order chi connectivity index (χ1) is 16.1. The van der Waals surface area contributed by atoms with Crippen LogP contribution in [0.5, 0.6) is 0 Å². The number of hydrogen-bond donors (Lipinski definition) is 1. The Labute approximate surface area is 211 Å². The molecule has 184 valence electrons. The molecule has 7 nitrogen and oxygen atoms in total. The molecule has 10 heteroatoms. The van der Waals surface area contributed by atoms with Crippen molar-refractivity contribution in [2.24, 2.45) is 0 Å². The maximum atomic E-state index is 13.5. The summed E-state index contributed by atoms with van der Waals surface area (Å²) in [6.45, 7) is 1.28. The number of carbonyl (C=O) groups excluding carboxylic acids is 2. The lowest BCUT2D eigenvalue weighted by atomic mass is 10.1. The molecule has 0 aromatic heterocycles. The van der Waals surface area contributed by atoms with Gasteiger partial charge in [0, 0.05) is 17.6 Å². The fourth-order valence-electron chi connectivity index (χ4n) is 4.01. The number of amides is 2. The number of rotatable bonds is 9. The standard InChI is InChI=1S/C24H29Cl2N3O4S/c1-17(24(31)27-20-7-3-4-8-20)28(15-18-11-13-19(25)14-12-18)23(30)16-29(34(2,32)33)22-10-6-5-9-21(22)26/h5-6,9-14,17,20H,3-4,7-8,15-16H2,1-2H3,(H,27,31)/t17-/m1/s1. The highest BCUT2D eigenvalue weighted by Crippen LogP contribution is 2.27. The summed E-state index contributed by atoms with van der Waals surface area (Å²) in [5.41, 5.74) is 0.969. The van der Waals surface area contributed by atoms with Gasteiger partial charge in [-0.05, 0) is 49.6 Å². The van der Waals surface area contributed by atoms with Crippen molar-refractivity contribution in [2.45, 2.75) is 51.2 Å². The van der Waals surface area contributed by atoms with Crippen LogP contribution in [0, 0.1) is 0 Å². The molecule has 0 aliphatic heterocycles. The molecule has 2 aromatic rings. The Morgan fingerprint density at radius 3 is 2.26 bits per heavy atom. The number of hydrogen-bond acceptors (Lipinski definition) is 4. The maximum Gasteiger partial charge on any atom is 0.244 e. The van der Waals surface area contributed by atoms with E-state index in [1.165, 1.54) is 11.0 Å². The number of benzene rings is 2. The van der Waals surface area contributed by atoms with Gasteiger partial charge in [-0.15, -0.1) is 0 Å². The van der Waals surface area contributed by atoms with E-state index in [1.54, 1.807) is 49.4 Å². The van der Waals surface area contributed by atoms with Crippen LogP contribution in [0.15, 0.2) is 48.5 Å². The summed E-state index contributed by atoms with van der Waals surface area (Å²) < 4.78 is 26.1. The van der Waals surface area contributed by atoms with Crippen molar-refractivity contribution in [1.29, 1.82) is 0 Å². The quantitative estimate of drug-likeness (QED) is 0.530. The number of nitrogens with zero attached hydrogens (tertiary/aromatic N) is 2. The van der Waals surface area contributed by atoms with E-state index in [0.717, 1.165) is 41.8 Å². The van der Waals surface area contributed by atoms with Crippen LogP contribution in [0.4, 0.5) is 5.69 Å². The van der Waals surface area contributed by atoms with Gasteiger partial charge in [-0.25, -0.2) is 8.42 Å². The second-order valence-corrected chi connectivity index (χ2v) is 11.3. The van der Waals surface area contributed by atoms with E-state index in [-0.39, 0.29) is 29.2 Å². The van der Waals surface area contributed by atoms with Gasteiger partial charge in [0.2, 0.25) is 21.8 Å². The number of sulfonamides is 1.